The molecule has 4 rings (SSSR count). The minimum absolute atomic E-state index is 0.00436. The Morgan fingerprint density at radius 1 is 1.00 bits per heavy atom. The molecule has 0 saturated carbocycles. The van der Waals surface area contributed by atoms with Gasteiger partial charge >= 0.3 is 0 Å². The smallest absolute Gasteiger partial charge is 0.184 e. The number of aliphatic hydroxyl groups is 1. The number of hydrogen-bond donors (Lipinski definition) is 2. The lowest BCUT2D eigenvalue weighted by atomic mass is 10.0. The largest absolute Gasteiger partial charge is 0.399 e. The van der Waals surface area contributed by atoms with Crippen LogP contribution in [0.25, 0.3) is 0 Å². The normalized spacial score (nSPS) is 21.8. The Labute approximate surface area is 174 Å². The van der Waals surface area contributed by atoms with E-state index in [1.807, 2.05) is 66.7 Å². The molecular formula is C23H24N2O3S. The number of thioether (sulfide) groups is 1. The molecule has 0 amide bonds. The Bertz CT molecular complexity index is 921. The van der Waals surface area contributed by atoms with Crippen LogP contribution in [0.3, 0.4) is 0 Å². The van der Waals surface area contributed by atoms with Crippen LogP contribution < -0.4 is 5.73 Å². The highest BCUT2D eigenvalue weighted by molar-refractivity contribution is 7.99. The van der Waals surface area contributed by atoms with Gasteiger partial charge in [-0.3, -0.25) is 0 Å². The molecule has 0 aliphatic carbocycles. The Morgan fingerprint density at radius 2 is 1.86 bits per heavy atom. The highest BCUT2D eigenvalue weighted by Gasteiger charge is 2.32. The third-order valence-corrected chi connectivity index (χ3v) is 5.93. The van der Waals surface area contributed by atoms with Gasteiger partial charge in [0, 0.05) is 29.6 Å². The van der Waals surface area contributed by atoms with E-state index in [0.29, 0.717) is 5.69 Å². The van der Waals surface area contributed by atoms with Crippen molar-refractivity contribution in [3.8, 4) is 0 Å². The molecule has 3 unspecified atom stereocenters. The molecule has 29 heavy (non-hydrogen) atoms. The van der Waals surface area contributed by atoms with Gasteiger partial charge in [0.05, 0.1) is 23.8 Å². The summed E-state index contributed by atoms with van der Waals surface area (Å²) < 4.78 is 12.6. The lowest BCUT2D eigenvalue weighted by molar-refractivity contribution is -0.245. The molecule has 3 atom stereocenters. The van der Waals surface area contributed by atoms with Crippen molar-refractivity contribution < 1.29 is 14.6 Å². The molecule has 0 radical (unpaired) electrons. The van der Waals surface area contributed by atoms with E-state index in [2.05, 4.69) is 4.98 Å². The van der Waals surface area contributed by atoms with Gasteiger partial charge in [-0.05, 0) is 35.4 Å². The molecule has 0 bridgehead atoms. The molecule has 1 aromatic heterocycles. The zero-order valence-electron chi connectivity index (χ0n) is 16.0. The van der Waals surface area contributed by atoms with Gasteiger partial charge in [-0.25, -0.2) is 4.98 Å². The minimum atomic E-state index is -0.482. The number of nitrogens with zero attached hydrogens (tertiary/aromatic N) is 1. The molecule has 150 valence electrons. The van der Waals surface area contributed by atoms with Gasteiger partial charge in [-0.2, -0.15) is 0 Å². The monoisotopic (exact) mass is 408 g/mol. The van der Waals surface area contributed by atoms with Gasteiger partial charge in [-0.15, -0.1) is 11.8 Å². The number of pyridine rings is 1. The molecule has 6 heteroatoms. The van der Waals surface area contributed by atoms with E-state index >= 15 is 0 Å². The highest BCUT2D eigenvalue weighted by atomic mass is 32.2. The number of nitrogens with two attached hydrogens (primary N) is 1. The van der Waals surface area contributed by atoms with Crippen molar-refractivity contribution >= 4 is 17.4 Å². The Hall–Kier alpha value is -2.38. The first kappa shape index (κ1) is 19.9. The van der Waals surface area contributed by atoms with Crippen LogP contribution in [0.5, 0.6) is 0 Å². The lowest BCUT2D eigenvalue weighted by Crippen LogP contribution is -2.31. The van der Waals surface area contributed by atoms with Crippen LogP contribution in [0.1, 0.15) is 35.5 Å². The van der Waals surface area contributed by atoms with E-state index in [-0.39, 0.29) is 18.8 Å². The fourth-order valence-electron chi connectivity index (χ4n) is 3.34. The lowest BCUT2D eigenvalue weighted by Gasteiger charge is -2.36. The number of benzene rings is 2. The molecule has 1 aliphatic rings. The van der Waals surface area contributed by atoms with Gasteiger partial charge in [-0.1, -0.05) is 42.5 Å². The summed E-state index contributed by atoms with van der Waals surface area (Å²) in [5, 5.41) is 10.3. The molecule has 1 saturated heterocycles. The highest BCUT2D eigenvalue weighted by Crippen LogP contribution is 2.39. The predicted molar refractivity (Wildman–Crippen MR) is 114 cm³/mol. The van der Waals surface area contributed by atoms with E-state index in [0.717, 1.165) is 33.9 Å². The maximum Gasteiger partial charge on any atom is 0.184 e. The third-order valence-electron chi connectivity index (χ3n) is 4.85. The summed E-state index contributed by atoms with van der Waals surface area (Å²) in [6, 6.07) is 21.4. The standard InChI is InChI=1S/C23H24N2O3S/c24-19-5-3-4-18(12-19)23-27-20(15-29-22-6-1-2-11-25-22)13-21(28-23)17-9-7-16(14-26)8-10-17/h1-12,20-21,23,26H,13-15,24H2. The topological polar surface area (TPSA) is 77.6 Å². The Kier molecular flexibility index (Phi) is 6.46. The number of aromatic nitrogens is 1. The Morgan fingerprint density at radius 3 is 2.59 bits per heavy atom. The third kappa shape index (κ3) is 5.16. The van der Waals surface area contributed by atoms with Crippen molar-refractivity contribution in [2.24, 2.45) is 0 Å². The Balaban J connectivity index is 1.53. The molecular weight excluding hydrogens is 384 g/mol. The summed E-state index contributed by atoms with van der Waals surface area (Å²) in [5.41, 5.74) is 9.52. The second-order valence-corrected chi connectivity index (χ2v) is 8.04. The average Bonchev–Trinajstić information content (AvgIpc) is 2.78. The average molecular weight is 409 g/mol. The molecule has 2 heterocycles. The summed E-state index contributed by atoms with van der Waals surface area (Å²) in [7, 11) is 0. The van der Waals surface area contributed by atoms with Crippen LogP contribution in [-0.4, -0.2) is 21.9 Å². The van der Waals surface area contributed by atoms with E-state index in [4.69, 9.17) is 15.2 Å². The van der Waals surface area contributed by atoms with Gasteiger partial charge in [0.25, 0.3) is 0 Å². The van der Waals surface area contributed by atoms with Crippen LogP contribution in [0.2, 0.25) is 0 Å². The molecule has 1 aliphatic heterocycles. The van der Waals surface area contributed by atoms with Gasteiger partial charge in [0.15, 0.2) is 6.29 Å². The number of aliphatic hydroxyl groups excluding tert-OH is 1. The number of ether oxygens (including phenoxy) is 2. The minimum Gasteiger partial charge on any atom is -0.399 e. The van der Waals surface area contributed by atoms with Gasteiger partial charge in [0.2, 0.25) is 0 Å². The van der Waals surface area contributed by atoms with Crippen molar-refractivity contribution in [1.29, 1.82) is 0 Å². The zero-order chi connectivity index (χ0) is 20.1. The number of nitrogen functional groups attached to an aromatic ring is 1. The number of anilines is 1. The van der Waals surface area contributed by atoms with E-state index in [1.54, 1.807) is 18.0 Å². The molecule has 3 aromatic rings. The zero-order valence-corrected chi connectivity index (χ0v) is 16.8. The van der Waals surface area contributed by atoms with Crippen molar-refractivity contribution in [3.63, 3.8) is 0 Å². The van der Waals surface area contributed by atoms with Crippen LogP contribution in [0.15, 0.2) is 78.0 Å². The van der Waals surface area contributed by atoms with Crippen LogP contribution in [0, 0.1) is 0 Å². The SMILES string of the molecule is Nc1cccc(C2OC(CSc3ccccn3)CC(c3ccc(CO)cc3)O2)c1. The first-order chi connectivity index (χ1) is 14.2. The van der Waals surface area contributed by atoms with Gasteiger partial charge in [0.1, 0.15) is 0 Å². The summed E-state index contributed by atoms with van der Waals surface area (Å²) in [6.45, 7) is 0.0319. The van der Waals surface area contributed by atoms with Crippen molar-refractivity contribution in [2.45, 2.75) is 36.6 Å². The molecule has 0 spiro atoms. The summed E-state index contributed by atoms with van der Waals surface area (Å²) >= 11 is 1.68. The molecule has 2 aromatic carbocycles. The van der Waals surface area contributed by atoms with Crippen LogP contribution >= 0.6 is 11.8 Å². The number of rotatable bonds is 6. The second kappa shape index (κ2) is 9.41. The van der Waals surface area contributed by atoms with E-state index < -0.39 is 6.29 Å². The fraction of sp³-hybridized carbons (Fsp3) is 0.261. The maximum atomic E-state index is 9.30. The molecule has 1 fully saturated rings. The maximum absolute atomic E-state index is 9.30. The quantitative estimate of drug-likeness (QED) is 0.462. The first-order valence-corrected chi connectivity index (χ1v) is 10.6. The summed E-state index contributed by atoms with van der Waals surface area (Å²) in [6.07, 6.45) is 1.97. The summed E-state index contributed by atoms with van der Waals surface area (Å²) in [5.74, 6) is 0.782. The van der Waals surface area contributed by atoms with Crippen LogP contribution in [0.4, 0.5) is 5.69 Å². The first-order valence-electron chi connectivity index (χ1n) is 9.61. The summed E-state index contributed by atoms with van der Waals surface area (Å²) in [4.78, 5) is 4.38. The number of hydrogen-bond acceptors (Lipinski definition) is 6. The van der Waals surface area contributed by atoms with Crippen molar-refractivity contribution in [1.82, 2.24) is 4.98 Å². The van der Waals surface area contributed by atoms with Crippen molar-refractivity contribution in [3.05, 3.63) is 89.6 Å². The van der Waals surface area contributed by atoms with Crippen molar-refractivity contribution in [2.75, 3.05) is 11.5 Å². The molecule has 5 nitrogen and oxygen atoms in total. The van der Waals surface area contributed by atoms with E-state index in [1.165, 1.54) is 0 Å². The van der Waals surface area contributed by atoms with E-state index in [9.17, 15) is 5.11 Å². The fourth-order valence-corrected chi connectivity index (χ4v) is 4.22. The van der Waals surface area contributed by atoms with Crippen LogP contribution in [-0.2, 0) is 16.1 Å². The second-order valence-electron chi connectivity index (χ2n) is 7.00. The molecule has 3 N–H and O–H groups in total. The predicted octanol–water partition coefficient (Wildman–Crippen LogP) is 4.49. The van der Waals surface area contributed by atoms with Gasteiger partial charge < -0.3 is 20.3 Å².